The lowest BCUT2D eigenvalue weighted by molar-refractivity contribution is -0.108. The number of aromatic nitrogens is 1. The van der Waals surface area contributed by atoms with E-state index in [1.54, 1.807) is 0 Å². The normalized spacial score (nSPS) is 15.9. The third kappa shape index (κ3) is 1.98. The van der Waals surface area contributed by atoms with Crippen LogP contribution in [0.15, 0.2) is 24.3 Å². The van der Waals surface area contributed by atoms with E-state index in [1.165, 1.54) is 22.2 Å². The van der Waals surface area contributed by atoms with Crippen LogP contribution in [-0.2, 0) is 24.3 Å². The van der Waals surface area contributed by atoms with Crippen LogP contribution in [0.2, 0.25) is 0 Å². The first-order chi connectivity index (χ1) is 9.22. The Morgan fingerprint density at radius 3 is 2.84 bits per heavy atom. The molecular formula is C16H20N2O. The minimum atomic E-state index is 0.470. The first kappa shape index (κ1) is 12.4. The zero-order valence-corrected chi connectivity index (χ0v) is 11.6. The number of carbonyl (C=O) groups excluding carboxylic acids is 1. The van der Waals surface area contributed by atoms with Crippen LogP contribution in [0.25, 0.3) is 10.9 Å². The van der Waals surface area contributed by atoms with Crippen LogP contribution in [0, 0.1) is 0 Å². The summed E-state index contributed by atoms with van der Waals surface area (Å²) in [5.74, 6) is 0. The molecule has 2 aromatic rings. The summed E-state index contributed by atoms with van der Waals surface area (Å²) in [6.45, 7) is 7.04. The molecule has 19 heavy (non-hydrogen) atoms. The molecule has 1 aromatic heterocycles. The van der Waals surface area contributed by atoms with Gasteiger partial charge in [0.15, 0.2) is 0 Å². The quantitative estimate of drug-likeness (QED) is 0.789. The SMILES string of the molecule is CC(C)N1CCc2c(c3ccccc3n2CC=O)C1. The van der Waals surface area contributed by atoms with Crippen LogP contribution >= 0.6 is 0 Å². The maximum atomic E-state index is 10.9. The predicted octanol–water partition coefficient (Wildman–Crippen LogP) is 2.61. The largest absolute Gasteiger partial charge is 0.337 e. The Morgan fingerprint density at radius 1 is 1.32 bits per heavy atom. The van der Waals surface area contributed by atoms with E-state index in [9.17, 15) is 4.79 Å². The lowest BCUT2D eigenvalue weighted by Gasteiger charge is -2.31. The molecule has 100 valence electrons. The second kappa shape index (κ2) is 4.82. The number of nitrogens with zero attached hydrogens (tertiary/aromatic N) is 2. The first-order valence-electron chi connectivity index (χ1n) is 6.99. The Morgan fingerprint density at radius 2 is 2.11 bits per heavy atom. The zero-order chi connectivity index (χ0) is 13.4. The molecule has 0 atom stereocenters. The molecule has 3 heteroatoms. The first-order valence-corrected chi connectivity index (χ1v) is 6.99. The molecule has 3 rings (SSSR count). The number of carbonyl (C=O) groups is 1. The van der Waals surface area contributed by atoms with E-state index in [0.29, 0.717) is 12.6 Å². The molecule has 0 unspecified atom stereocenters. The Hall–Kier alpha value is -1.61. The molecule has 0 radical (unpaired) electrons. The zero-order valence-electron chi connectivity index (χ0n) is 11.6. The molecule has 0 saturated heterocycles. The highest BCUT2D eigenvalue weighted by atomic mass is 16.1. The van der Waals surface area contributed by atoms with Gasteiger partial charge >= 0.3 is 0 Å². The summed E-state index contributed by atoms with van der Waals surface area (Å²) in [6, 6.07) is 9.01. The van der Waals surface area contributed by atoms with Crippen LogP contribution in [-0.4, -0.2) is 28.3 Å². The van der Waals surface area contributed by atoms with E-state index < -0.39 is 0 Å². The monoisotopic (exact) mass is 256 g/mol. The van der Waals surface area contributed by atoms with Crippen molar-refractivity contribution < 1.29 is 4.79 Å². The molecule has 0 N–H and O–H groups in total. The summed E-state index contributed by atoms with van der Waals surface area (Å²) in [7, 11) is 0. The summed E-state index contributed by atoms with van der Waals surface area (Å²) < 4.78 is 2.19. The third-order valence-corrected chi connectivity index (χ3v) is 4.18. The van der Waals surface area contributed by atoms with Crippen LogP contribution < -0.4 is 0 Å². The van der Waals surface area contributed by atoms with Gasteiger partial charge in [0.2, 0.25) is 0 Å². The van der Waals surface area contributed by atoms with Gasteiger partial charge in [-0.3, -0.25) is 4.90 Å². The van der Waals surface area contributed by atoms with E-state index in [-0.39, 0.29) is 0 Å². The fraction of sp³-hybridized carbons (Fsp3) is 0.438. The van der Waals surface area contributed by atoms with E-state index >= 15 is 0 Å². The smallest absolute Gasteiger partial charge is 0.139 e. The second-order valence-corrected chi connectivity index (χ2v) is 5.53. The van der Waals surface area contributed by atoms with Crippen molar-refractivity contribution in [1.82, 2.24) is 9.47 Å². The highest BCUT2D eigenvalue weighted by Crippen LogP contribution is 2.31. The van der Waals surface area contributed by atoms with Crippen molar-refractivity contribution in [3.8, 4) is 0 Å². The summed E-state index contributed by atoms with van der Waals surface area (Å²) in [6.07, 6.45) is 2.04. The van der Waals surface area contributed by atoms with E-state index in [1.807, 2.05) is 0 Å². The van der Waals surface area contributed by atoms with Crippen molar-refractivity contribution in [2.75, 3.05) is 6.54 Å². The Kier molecular flexibility index (Phi) is 3.15. The topological polar surface area (TPSA) is 25.2 Å². The van der Waals surface area contributed by atoms with Gasteiger partial charge in [-0.1, -0.05) is 18.2 Å². The minimum absolute atomic E-state index is 0.470. The van der Waals surface area contributed by atoms with Gasteiger partial charge in [-0.25, -0.2) is 0 Å². The van der Waals surface area contributed by atoms with Crippen molar-refractivity contribution in [2.24, 2.45) is 0 Å². The third-order valence-electron chi connectivity index (χ3n) is 4.18. The Labute approximate surface area is 113 Å². The Balaban J connectivity index is 2.15. The highest BCUT2D eigenvalue weighted by molar-refractivity contribution is 5.86. The number of fused-ring (bicyclic) bond motifs is 3. The number of aldehydes is 1. The molecule has 0 aliphatic carbocycles. The van der Waals surface area contributed by atoms with Crippen molar-refractivity contribution in [2.45, 2.75) is 39.4 Å². The van der Waals surface area contributed by atoms with Gasteiger partial charge in [0.1, 0.15) is 6.29 Å². The second-order valence-electron chi connectivity index (χ2n) is 5.53. The molecule has 0 spiro atoms. The lowest BCUT2D eigenvalue weighted by atomic mass is 10.0. The van der Waals surface area contributed by atoms with Crippen molar-refractivity contribution in [3.63, 3.8) is 0 Å². The van der Waals surface area contributed by atoms with Gasteiger partial charge in [0, 0.05) is 42.1 Å². The number of para-hydroxylation sites is 1. The van der Waals surface area contributed by atoms with Crippen LogP contribution in [0.1, 0.15) is 25.1 Å². The molecule has 0 amide bonds. The number of benzene rings is 1. The van der Waals surface area contributed by atoms with Gasteiger partial charge in [-0.05, 0) is 25.5 Å². The summed E-state index contributed by atoms with van der Waals surface area (Å²) in [5.41, 5.74) is 3.97. The highest BCUT2D eigenvalue weighted by Gasteiger charge is 2.24. The predicted molar refractivity (Wildman–Crippen MR) is 77.3 cm³/mol. The van der Waals surface area contributed by atoms with Gasteiger partial charge < -0.3 is 9.36 Å². The van der Waals surface area contributed by atoms with E-state index in [2.05, 4.69) is 47.6 Å². The average Bonchev–Trinajstić information content (AvgIpc) is 2.74. The molecule has 1 aliphatic rings. The molecule has 0 fully saturated rings. The molecule has 0 saturated carbocycles. The summed E-state index contributed by atoms with van der Waals surface area (Å²) in [4.78, 5) is 13.4. The fourth-order valence-corrected chi connectivity index (χ4v) is 3.15. The molecule has 1 aromatic carbocycles. The fourth-order valence-electron chi connectivity index (χ4n) is 3.15. The van der Waals surface area contributed by atoms with Crippen molar-refractivity contribution >= 4 is 17.2 Å². The van der Waals surface area contributed by atoms with Crippen LogP contribution in [0.5, 0.6) is 0 Å². The van der Waals surface area contributed by atoms with Gasteiger partial charge in [-0.2, -0.15) is 0 Å². The van der Waals surface area contributed by atoms with Crippen molar-refractivity contribution in [3.05, 3.63) is 35.5 Å². The average molecular weight is 256 g/mol. The van der Waals surface area contributed by atoms with Gasteiger partial charge in [-0.15, -0.1) is 0 Å². The maximum Gasteiger partial charge on any atom is 0.139 e. The molecular weight excluding hydrogens is 236 g/mol. The molecule has 3 nitrogen and oxygen atoms in total. The standard InChI is InChI=1S/C16H20N2O/c1-12(2)17-8-7-16-14(11-17)13-5-3-4-6-15(13)18(16)9-10-19/h3-6,10,12H,7-9,11H2,1-2H3. The molecule has 0 bridgehead atoms. The number of hydrogen-bond donors (Lipinski definition) is 0. The Bertz CT molecular complexity index is 612. The number of rotatable bonds is 3. The van der Waals surface area contributed by atoms with Crippen molar-refractivity contribution in [1.29, 1.82) is 0 Å². The maximum absolute atomic E-state index is 10.9. The number of hydrogen-bond acceptors (Lipinski definition) is 2. The van der Waals surface area contributed by atoms with E-state index in [4.69, 9.17) is 0 Å². The lowest BCUT2D eigenvalue weighted by Crippen LogP contribution is -2.36. The minimum Gasteiger partial charge on any atom is -0.337 e. The van der Waals surface area contributed by atoms with Crippen LogP contribution in [0.4, 0.5) is 0 Å². The van der Waals surface area contributed by atoms with Crippen LogP contribution in [0.3, 0.4) is 0 Å². The van der Waals surface area contributed by atoms with Gasteiger partial charge in [0.25, 0.3) is 0 Å². The van der Waals surface area contributed by atoms with Gasteiger partial charge in [0.05, 0.1) is 6.54 Å². The molecule has 2 heterocycles. The summed E-state index contributed by atoms with van der Waals surface area (Å²) >= 11 is 0. The molecule has 1 aliphatic heterocycles. The summed E-state index contributed by atoms with van der Waals surface area (Å²) in [5, 5.41) is 1.31. The van der Waals surface area contributed by atoms with E-state index in [0.717, 1.165) is 25.8 Å².